The summed E-state index contributed by atoms with van der Waals surface area (Å²) < 4.78 is 1.73. The predicted octanol–water partition coefficient (Wildman–Crippen LogP) is 1.69. The van der Waals surface area contributed by atoms with Gasteiger partial charge < -0.3 is 0 Å². The summed E-state index contributed by atoms with van der Waals surface area (Å²) in [6, 6.07) is 0.381. The van der Waals surface area contributed by atoms with Crippen molar-refractivity contribution in [3.05, 3.63) is 12.2 Å². The van der Waals surface area contributed by atoms with E-state index in [1.807, 2.05) is 0 Å². The number of anilines is 1. The number of tetrazole rings is 1. The van der Waals surface area contributed by atoms with Crippen molar-refractivity contribution < 1.29 is 4.79 Å². The van der Waals surface area contributed by atoms with E-state index in [4.69, 9.17) is 0 Å². The fourth-order valence-electron chi connectivity index (χ4n) is 2.29. The first-order valence-electron chi connectivity index (χ1n) is 6.58. The number of allylic oxidation sites excluding steroid dienone is 2. The minimum absolute atomic E-state index is 0.0513. The van der Waals surface area contributed by atoms with E-state index < -0.39 is 0 Å². The molecule has 3 rings (SSSR count). The lowest BCUT2D eigenvalue weighted by molar-refractivity contribution is -0.120. The number of amides is 1. The van der Waals surface area contributed by atoms with Crippen molar-refractivity contribution in [2.75, 3.05) is 5.32 Å². The Labute approximate surface area is 105 Å². The Bertz CT molecular complexity index is 453. The van der Waals surface area contributed by atoms with Crippen molar-refractivity contribution in [3.8, 4) is 0 Å². The quantitative estimate of drug-likeness (QED) is 0.825. The van der Waals surface area contributed by atoms with E-state index in [0.29, 0.717) is 12.0 Å². The number of hydrogen-bond acceptors (Lipinski definition) is 4. The van der Waals surface area contributed by atoms with Crippen molar-refractivity contribution in [3.63, 3.8) is 0 Å². The largest absolute Gasteiger partial charge is 0.293 e. The standard InChI is InChI=1S/C12H17N5O/c18-11(9-5-3-1-2-4-6-9)13-12-14-15-16-17(12)10-7-8-10/h1-2,9-10H,3-8H2,(H,13,14,16,18). The van der Waals surface area contributed by atoms with Crippen LogP contribution in [0, 0.1) is 5.92 Å². The monoisotopic (exact) mass is 247 g/mol. The van der Waals surface area contributed by atoms with Gasteiger partial charge in [-0.05, 0) is 49.0 Å². The maximum Gasteiger partial charge on any atom is 0.249 e. The van der Waals surface area contributed by atoms with E-state index in [1.165, 1.54) is 0 Å². The van der Waals surface area contributed by atoms with Gasteiger partial charge in [-0.1, -0.05) is 17.3 Å². The van der Waals surface area contributed by atoms with Gasteiger partial charge in [0.2, 0.25) is 11.9 Å². The van der Waals surface area contributed by atoms with E-state index in [1.54, 1.807) is 4.68 Å². The summed E-state index contributed by atoms with van der Waals surface area (Å²) >= 11 is 0. The molecule has 0 atom stereocenters. The van der Waals surface area contributed by atoms with Crippen LogP contribution in [0.1, 0.15) is 44.6 Å². The lowest BCUT2D eigenvalue weighted by Crippen LogP contribution is -2.24. The molecule has 0 saturated heterocycles. The molecule has 6 nitrogen and oxygen atoms in total. The van der Waals surface area contributed by atoms with Gasteiger partial charge in [0.1, 0.15) is 0 Å². The SMILES string of the molecule is O=C(Nc1nnnn1C1CC1)C1CCC=CCC1. The first-order chi connectivity index (χ1) is 8.84. The molecule has 96 valence electrons. The van der Waals surface area contributed by atoms with Gasteiger partial charge in [0.25, 0.3) is 0 Å². The maximum atomic E-state index is 12.2. The molecular weight excluding hydrogens is 230 g/mol. The molecule has 0 unspecified atom stereocenters. The molecule has 2 aliphatic carbocycles. The van der Waals surface area contributed by atoms with Gasteiger partial charge in [0.05, 0.1) is 6.04 Å². The summed E-state index contributed by atoms with van der Waals surface area (Å²) in [6.07, 6.45) is 10.3. The van der Waals surface area contributed by atoms with Crippen molar-refractivity contribution in [2.45, 2.75) is 44.6 Å². The minimum atomic E-state index is 0.0513. The zero-order valence-electron chi connectivity index (χ0n) is 10.2. The van der Waals surface area contributed by atoms with Crippen LogP contribution in [0.4, 0.5) is 5.95 Å². The second-order valence-corrected chi connectivity index (χ2v) is 4.99. The van der Waals surface area contributed by atoms with Gasteiger partial charge in [-0.3, -0.25) is 10.1 Å². The molecule has 0 spiro atoms. The van der Waals surface area contributed by atoms with E-state index in [-0.39, 0.29) is 11.8 Å². The fourth-order valence-corrected chi connectivity index (χ4v) is 2.29. The molecule has 1 amide bonds. The first-order valence-corrected chi connectivity index (χ1v) is 6.58. The summed E-state index contributed by atoms with van der Waals surface area (Å²) in [7, 11) is 0. The van der Waals surface area contributed by atoms with Gasteiger partial charge in [-0.2, -0.15) is 0 Å². The second-order valence-electron chi connectivity index (χ2n) is 4.99. The van der Waals surface area contributed by atoms with Crippen LogP contribution in [-0.4, -0.2) is 26.1 Å². The maximum absolute atomic E-state index is 12.2. The number of carbonyl (C=O) groups excluding carboxylic acids is 1. The molecule has 1 saturated carbocycles. The smallest absolute Gasteiger partial charge is 0.249 e. The van der Waals surface area contributed by atoms with Crippen molar-refractivity contribution >= 4 is 11.9 Å². The third-order valence-corrected chi connectivity index (χ3v) is 3.52. The van der Waals surface area contributed by atoms with Gasteiger partial charge in [0, 0.05) is 5.92 Å². The van der Waals surface area contributed by atoms with Gasteiger partial charge >= 0.3 is 0 Å². The van der Waals surface area contributed by atoms with Crippen LogP contribution in [-0.2, 0) is 4.79 Å². The molecule has 0 radical (unpaired) electrons. The summed E-state index contributed by atoms with van der Waals surface area (Å²) in [5.74, 6) is 0.624. The number of nitrogens with zero attached hydrogens (tertiary/aromatic N) is 4. The Morgan fingerprint density at radius 3 is 2.61 bits per heavy atom. The summed E-state index contributed by atoms with van der Waals surface area (Å²) in [5.41, 5.74) is 0. The molecular formula is C12H17N5O. The number of aromatic nitrogens is 4. The third kappa shape index (κ3) is 2.42. The van der Waals surface area contributed by atoms with E-state index in [0.717, 1.165) is 38.5 Å². The number of nitrogens with one attached hydrogen (secondary N) is 1. The number of carbonyl (C=O) groups is 1. The molecule has 2 aliphatic rings. The summed E-state index contributed by atoms with van der Waals surface area (Å²) in [5, 5.41) is 14.3. The van der Waals surface area contributed by atoms with E-state index >= 15 is 0 Å². The average molecular weight is 247 g/mol. The molecule has 6 heteroatoms. The normalized spacial score (nSPS) is 20.7. The molecule has 18 heavy (non-hydrogen) atoms. The number of hydrogen-bond donors (Lipinski definition) is 1. The van der Waals surface area contributed by atoms with Crippen LogP contribution in [0.15, 0.2) is 12.2 Å². The lowest BCUT2D eigenvalue weighted by atomic mass is 9.99. The topological polar surface area (TPSA) is 72.7 Å². The lowest BCUT2D eigenvalue weighted by Gasteiger charge is -2.13. The Hall–Kier alpha value is -1.72. The zero-order valence-corrected chi connectivity index (χ0v) is 10.2. The molecule has 1 heterocycles. The molecule has 1 aromatic rings. The molecule has 0 bridgehead atoms. The second kappa shape index (κ2) is 4.88. The Morgan fingerprint density at radius 1 is 1.22 bits per heavy atom. The Balaban J connectivity index is 1.64. The highest BCUT2D eigenvalue weighted by atomic mass is 16.2. The Kier molecular flexibility index (Phi) is 3.08. The first kappa shape index (κ1) is 11.4. The average Bonchev–Trinajstić information content (AvgIpc) is 3.16. The van der Waals surface area contributed by atoms with Crippen LogP contribution in [0.25, 0.3) is 0 Å². The highest BCUT2D eigenvalue weighted by Crippen LogP contribution is 2.35. The molecule has 0 aromatic carbocycles. The van der Waals surface area contributed by atoms with Crippen molar-refractivity contribution in [1.82, 2.24) is 20.2 Å². The summed E-state index contributed by atoms with van der Waals surface area (Å²) in [6.45, 7) is 0. The van der Waals surface area contributed by atoms with Crippen LogP contribution >= 0.6 is 0 Å². The van der Waals surface area contributed by atoms with E-state index in [2.05, 4.69) is 33.0 Å². The number of rotatable bonds is 3. The minimum Gasteiger partial charge on any atom is -0.293 e. The fraction of sp³-hybridized carbons (Fsp3) is 0.667. The molecule has 1 N–H and O–H groups in total. The summed E-state index contributed by atoms with van der Waals surface area (Å²) in [4.78, 5) is 12.2. The van der Waals surface area contributed by atoms with Crippen LogP contribution in [0.2, 0.25) is 0 Å². The molecule has 0 aliphatic heterocycles. The van der Waals surface area contributed by atoms with Crippen molar-refractivity contribution in [2.24, 2.45) is 5.92 Å². The van der Waals surface area contributed by atoms with E-state index in [9.17, 15) is 4.79 Å². The van der Waals surface area contributed by atoms with Gasteiger partial charge in [0.15, 0.2) is 0 Å². The molecule has 1 fully saturated rings. The van der Waals surface area contributed by atoms with Gasteiger partial charge in [-0.25, -0.2) is 4.68 Å². The van der Waals surface area contributed by atoms with Gasteiger partial charge in [-0.15, -0.1) is 0 Å². The predicted molar refractivity (Wildman–Crippen MR) is 65.8 cm³/mol. The van der Waals surface area contributed by atoms with Crippen LogP contribution < -0.4 is 5.32 Å². The van der Waals surface area contributed by atoms with Crippen LogP contribution in [0.3, 0.4) is 0 Å². The Morgan fingerprint density at radius 2 is 1.94 bits per heavy atom. The van der Waals surface area contributed by atoms with Crippen molar-refractivity contribution in [1.29, 1.82) is 0 Å². The highest BCUT2D eigenvalue weighted by molar-refractivity contribution is 5.90. The molecule has 1 aromatic heterocycles. The highest BCUT2D eigenvalue weighted by Gasteiger charge is 2.29. The zero-order chi connectivity index (χ0) is 12.4. The third-order valence-electron chi connectivity index (χ3n) is 3.52. The van der Waals surface area contributed by atoms with Crippen LogP contribution in [0.5, 0.6) is 0 Å².